The summed E-state index contributed by atoms with van der Waals surface area (Å²) >= 11 is 0. The number of carbonyl (C=O) groups excluding carboxylic acids is 7. The third kappa shape index (κ3) is 12.7. The second-order valence-electron chi connectivity index (χ2n) is 13.8. The molecule has 2 bridgehead atoms. The Hall–Kier alpha value is -5.19. The number of hydrogen-bond acceptors (Lipinski definition) is 12. The van der Waals surface area contributed by atoms with Crippen LogP contribution in [0.1, 0.15) is 59.8 Å². The Morgan fingerprint density at radius 1 is 1.02 bits per heavy atom. The number of amides is 5. The van der Waals surface area contributed by atoms with E-state index in [1.54, 1.807) is 26.0 Å². The van der Waals surface area contributed by atoms with E-state index in [1.807, 2.05) is 6.92 Å². The van der Waals surface area contributed by atoms with Gasteiger partial charge in [-0.15, -0.1) is 0 Å². The van der Waals surface area contributed by atoms with E-state index in [-0.39, 0.29) is 73.3 Å². The van der Waals surface area contributed by atoms with Gasteiger partial charge in [0.1, 0.15) is 6.10 Å². The van der Waals surface area contributed by atoms with E-state index in [2.05, 4.69) is 16.0 Å². The van der Waals surface area contributed by atoms with Gasteiger partial charge in [-0.25, -0.2) is 4.79 Å². The van der Waals surface area contributed by atoms with Crippen molar-refractivity contribution < 1.29 is 52.9 Å². The number of imide groups is 1. The third-order valence-electron chi connectivity index (χ3n) is 9.46. The van der Waals surface area contributed by atoms with Crippen molar-refractivity contribution in [3.63, 3.8) is 0 Å². The fraction of sp³-hybridized carbons (Fsp3) is 0.513. The first-order valence-electron chi connectivity index (χ1n) is 18.2. The molecule has 0 aromatic rings. The number of fused-ring (bicyclic) bond motifs is 2. The molecule has 55 heavy (non-hydrogen) atoms. The SMILES string of the molecule is CO[C@H]1C[C@H](C)CC2=C(NCCCNC(=O)CCCN3C(=O)C=CC3=O)C(=O)C=C(NC(=O)/C(C)=C/C=C\[C@@H](OC)[C@@H](OC(N)=O)/C(C)=C/[C@H](C)[C@@H]1O)C2=O. The molecule has 0 aromatic carbocycles. The van der Waals surface area contributed by atoms with Crippen molar-refractivity contribution in [3.05, 3.63) is 70.6 Å². The first-order chi connectivity index (χ1) is 26.1. The fourth-order valence-electron chi connectivity index (χ4n) is 6.45. The van der Waals surface area contributed by atoms with Gasteiger partial charge in [0.05, 0.1) is 23.6 Å². The molecule has 2 aliphatic heterocycles. The minimum absolute atomic E-state index is 0.0726. The van der Waals surface area contributed by atoms with Crippen LogP contribution in [-0.2, 0) is 43.0 Å². The summed E-state index contributed by atoms with van der Waals surface area (Å²) in [7, 11) is 2.88. The molecule has 5 amide bonds. The highest BCUT2D eigenvalue weighted by Crippen LogP contribution is 2.29. The molecule has 0 fully saturated rings. The first-order valence-corrected chi connectivity index (χ1v) is 18.2. The molecule has 16 nitrogen and oxygen atoms in total. The molecule has 0 saturated carbocycles. The number of aliphatic hydroxyl groups is 1. The summed E-state index contributed by atoms with van der Waals surface area (Å²) < 4.78 is 16.7. The topological polar surface area (TPSA) is 233 Å². The predicted molar refractivity (Wildman–Crippen MR) is 200 cm³/mol. The summed E-state index contributed by atoms with van der Waals surface area (Å²) in [4.78, 5) is 89.2. The van der Waals surface area contributed by atoms with Crippen LogP contribution < -0.4 is 21.7 Å². The Bertz CT molecular complexity index is 1670. The molecule has 0 spiro atoms. The number of methoxy groups -OCH3 is 2. The molecule has 0 unspecified atom stereocenters. The van der Waals surface area contributed by atoms with Gasteiger partial charge in [-0.05, 0) is 51.0 Å². The molecule has 0 aromatic heterocycles. The Balaban J connectivity index is 1.81. The van der Waals surface area contributed by atoms with Crippen molar-refractivity contribution >= 4 is 41.3 Å². The zero-order valence-electron chi connectivity index (χ0n) is 32.2. The largest absolute Gasteiger partial charge is 0.439 e. The van der Waals surface area contributed by atoms with Crippen LogP contribution in [-0.4, -0.2) is 110 Å². The maximum Gasteiger partial charge on any atom is 0.405 e. The molecular weight excluding hydrogens is 714 g/mol. The Labute approximate surface area is 320 Å². The van der Waals surface area contributed by atoms with Crippen LogP contribution in [0.25, 0.3) is 0 Å². The number of primary amides is 1. The van der Waals surface area contributed by atoms with Gasteiger partial charge in [0.15, 0.2) is 6.10 Å². The van der Waals surface area contributed by atoms with E-state index in [0.29, 0.717) is 18.4 Å². The van der Waals surface area contributed by atoms with E-state index < -0.39 is 65.7 Å². The van der Waals surface area contributed by atoms with Gasteiger partial charge in [0, 0.05) is 75.6 Å². The number of nitrogens with two attached hydrogens (primary N) is 1. The molecule has 1 aliphatic carbocycles. The average molecular weight is 768 g/mol. The van der Waals surface area contributed by atoms with E-state index in [0.717, 1.165) is 11.0 Å². The van der Waals surface area contributed by atoms with Crippen LogP contribution in [0.2, 0.25) is 0 Å². The summed E-state index contributed by atoms with van der Waals surface area (Å²) in [5, 5.41) is 19.8. The van der Waals surface area contributed by atoms with Crippen LogP contribution in [0.3, 0.4) is 0 Å². The minimum atomic E-state index is -1.03. The maximum atomic E-state index is 13.9. The second kappa shape index (κ2) is 21.0. The second-order valence-corrected chi connectivity index (χ2v) is 13.8. The number of nitrogens with zero attached hydrogens (tertiary/aromatic N) is 1. The molecular formula is C39H53N5O11. The van der Waals surface area contributed by atoms with E-state index >= 15 is 0 Å². The first kappa shape index (κ1) is 44.2. The third-order valence-corrected chi connectivity index (χ3v) is 9.46. The lowest BCUT2D eigenvalue weighted by Crippen LogP contribution is -2.38. The van der Waals surface area contributed by atoms with E-state index in [9.17, 15) is 38.7 Å². The van der Waals surface area contributed by atoms with Crippen molar-refractivity contribution in [2.45, 2.75) is 84.2 Å². The molecule has 6 atom stereocenters. The van der Waals surface area contributed by atoms with Crippen LogP contribution in [0.15, 0.2) is 70.6 Å². The Morgan fingerprint density at radius 3 is 2.35 bits per heavy atom. The smallest absolute Gasteiger partial charge is 0.405 e. The van der Waals surface area contributed by atoms with Crippen LogP contribution in [0.5, 0.6) is 0 Å². The number of aliphatic hydroxyl groups excluding tert-OH is 1. The number of carbonyl (C=O) groups is 7. The molecule has 6 N–H and O–H groups in total. The minimum Gasteiger partial charge on any atom is -0.439 e. The van der Waals surface area contributed by atoms with Gasteiger partial charge in [-0.2, -0.15) is 0 Å². The highest BCUT2D eigenvalue weighted by molar-refractivity contribution is 6.23. The number of ketones is 2. The summed E-state index contributed by atoms with van der Waals surface area (Å²) in [6.45, 7) is 7.49. The highest BCUT2D eigenvalue weighted by Gasteiger charge is 2.33. The Kier molecular flexibility index (Phi) is 16.9. The van der Waals surface area contributed by atoms with E-state index in [4.69, 9.17) is 19.9 Å². The van der Waals surface area contributed by atoms with E-state index in [1.165, 1.54) is 45.4 Å². The van der Waals surface area contributed by atoms with Gasteiger partial charge >= 0.3 is 6.09 Å². The molecule has 0 radical (unpaired) electrons. The molecule has 3 aliphatic rings. The number of ether oxygens (including phenoxy) is 3. The average Bonchev–Trinajstić information content (AvgIpc) is 3.45. The van der Waals surface area contributed by atoms with Gasteiger partial charge in [-0.3, -0.25) is 33.7 Å². The van der Waals surface area contributed by atoms with Crippen molar-refractivity contribution in [3.8, 4) is 0 Å². The number of rotatable bonds is 12. The van der Waals surface area contributed by atoms with Gasteiger partial charge in [0.2, 0.25) is 17.5 Å². The summed E-state index contributed by atoms with van der Waals surface area (Å²) in [6, 6.07) is 0. The molecule has 2 heterocycles. The lowest BCUT2D eigenvalue weighted by atomic mass is 9.85. The number of nitrogens with one attached hydrogen (secondary N) is 3. The molecule has 16 heteroatoms. The Morgan fingerprint density at radius 2 is 1.71 bits per heavy atom. The lowest BCUT2D eigenvalue weighted by molar-refractivity contribution is -0.137. The maximum absolute atomic E-state index is 13.9. The fourth-order valence-corrected chi connectivity index (χ4v) is 6.45. The number of hydrogen-bond donors (Lipinski definition) is 5. The van der Waals surface area contributed by atoms with Crippen LogP contribution in [0, 0.1) is 11.8 Å². The normalized spacial score (nSPS) is 28.2. The highest BCUT2D eigenvalue weighted by atomic mass is 16.6. The standard InChI is InChI=1S/C39H53N5O11/c1-22-18-26-34(42-16-9-15-41-31(46)12-8-17-44-32(47)13-14-33(44)48)28(45)21-27(36(26)50)43-38(51)23(2)10-7-11-29(53-5)37(55-39(40)52)25(4)20-24(3)35(49)30(19-22)54-6/h7,10-11,13-14,20-22,24,29-30,35,37,42,49H,8-9,12,15-19H2,1-6H3,(H2,40,52)(H,41,46)(H,43,51)/b11-7-,23-10+,25-20+/t22-,24+,29-,30+,35+,37+/m1/s1. The monoisotopic (exact) mass is 767 g/mol. The number of allylic oxidation sites excluding steroid dienone is 4. The van der Waals surface area contributed by atoms with Crippen LogP contribution in [0.4, 0.5) is 4.79 Å². The van der Waals surface area contributed by atoms with Crippen molar-refractivity contribution in [1.82, 2.24) is 20.9 Å². The zero-order valence-corrected chi connectivity index (χ0v) is 32.2. The van der Waals surface area contributed by atoms with Crippen LogP contribution >= 0.6 is 0 Å². The molecule has 3 rings (SSSR count). The van der Waals surface area contributed by atoms with Gasteiger partial charge in [-0.1, -0.05) is 38.2 Å². The lowest BCUT2D eigenvalue weighted by Gasteiger charge is -2.30. The zero-order chi connectivity index (χ0) is 40.8. The van der Waals surface area contributed by atoms with Crippen molar-refractivity contribution in [1.29, 1.82) is 0 Å². The summed E-state index contributed by atoms with van der Waals surface area (Å²) in [5.74, 6) is -3.56. The quantitative estimate of drug-likeness (QED) is 0.0825. The molecule has 300 valence electrons. The van der Waals surface area contributed by atoms with Gasteiger partial charge in [0.25, 0.3) is 17.7 Å². The predicted octanol–water partition coefficient (Wildman–Crippen LogP) is 1.56. The summed E-state index contributed by atoms with van der Waals surface area (Å²) in [5.41, 5.74) is 6.15. The van der Waals surface area contributed by atoms with Crippen molar-refractivity contribution in [2.24, 2.45) is 17.6 Å². The molecule has 0 saturated heterocycles. The number of Topliss-reactive ketones (excluding diaryl/α,β-unsaturated/α-hetero) is 1. The van der Waals surface area contributed by atoms with Crippen molar-refractivity contribution in [2.75, 3.05) is 33.9 Å². The summed E-state index contributed by atoms with van der Waals surface area (Å²) in [6.07, 6.45) is 6.42. The van der Waals surface area contributed by atoms with Gasteiger partial charge < -0.3 is 41.0 Å².